The van der Waals surface area contributed by atoms with Crippen molar-refractivity contribution in [3.05, 3.63) is 0 Å². The summed E-state index contributed by atoms with van der Waals surface area (Å²) in [6.07, 6.45) is 6.83. The van der Waals surface area contributed by atoms with E-state index in [1.807, 2.05) is 7.05 Å². The second-order valence-electron chi connectivity index (χ2n) is 6.85. The molecule has 0 aromatic rings. The van der Waals surface area contributed by atoms with Gasteiger partial charge in [-0.15, -0.1) is 0 Å². The smallest absolute Gasteiger partial charge is 0.191 e. The summed E-state index contributed by atoms with van der Waals surface area (Å²) < 4.78 is 0. The summed E-state index contributed by atoms with van der Waals surface area (Å²) in [5.41, 5.74) is 0. The van der Waals surface area contributed by atoms with Crippen molar-refractivity contribution >= 4 is 5.96 Å². The molecule has 2 aliphatic heterocycles. The molecule has 0 aromatic carbocycles. The molecule has 0 radical (unpaired) electrons. The van der Waals surface area contributed by atoms with Gasteiger partial charge in [0.05, 0.1) is 0 Å². The highest BCUT2D eigenvalue weighted by Gasteiger charge is 2.15. The molecule has 0 atom stereocenters. The Morgan fingerprint density at radius 2 is 1.45 bits per heavy atom. The minimum Gasteiger partial charge on any atom is -0.355 e. The average Bonchev–Trinajstić information content (AvgIpc) is 2.56. The normalized spacial score (nSPS) is 22.7. The lowest BCUT2D eigenvalue weighted by Crippen LogP contribution is -2.45. The topological polar surface area (TPSA) is 42.9 Å². The number of piperidine rings is 2. The van der Waals surface area contributed by atoms with E-state index in [0.29, 0.717) is 0 Å². The molecule has 0 unspecified atom stereocenters. The largest absolute Gasteiger partial charge is 0.355 e. The van der Waals surface area contributed by atoms with Gasteiger partial charge in [-0.1, -0.05) is 13.3 Å². The van der Waals surface area contributed by atoms with Crippen LogP contribution in [0, 0.1) is 5.92 Å². The van der Waals surface area contributed by atoms with Gasteiger partial charge in [0.2, 0.25) is 0 Å². The van der Waals surface area contributed by atoms with Gasteiger partial charge in [0.1, 0.15) is 0 Å². The number of nitrogens with zero attached hydrogens (tertiary/aromatic N) is 3. The molecule has 0 aliphatic carbocycles. The van der Waals surface area contributed by atoms with Crippen LogP contribution in [0.4, 0.5) is 0 Å². The van der Waals surface area contributed by atoms with E-state index in [9.17, 15) is 0 Å². The molecule has 22 heavy (non-hydrogen) atoms. The van der Waals surface area contributed by atoms with Crippen LogP contribution in [0.15, 0.2) is 4.99 Å². The Labute approximate surface area is 136 Å². The van der Waals surface area contributed by atoms with Crippen LogP contribution in [0.2, 0.25) is 0 Å². The number of likely N-dealkylation sites (tertiary alicyclic amines) is 2. The molecular weight excluding hydrogens is 274 g/mol. The van der Waals surface area contributed by atoms with Crippen LogP contribution >= 0.6 is 0 Å². The fourth-order valence-corrected chi connectivity index (χ4v) is 3.35. The third kappa shape index (κ3) is 6.53. The molecule has 2 heterocycles. The van der Waals surface area contributed by atoms with Gasteiger partial charge in [0, 0.05) is 33.2 Å². The van der Waals surface area contributed by atoms with Crippen LogP contribution in [0.25, 0.3) is 0 Å². The molecule has 2 N–H and O–H groups in total. The van der Waals surface area contributed by atoms with Crippen LogP contribution in [0.3, 0.4) is 0 Å². The molecule has 128 valence electrons. The van der Waals surface area contributed by atoms with Crippen LogP contribution in [0.1, 0.15) is 39.0 Å². The van der Waals surface area contributed by atoms with Crippen LogP contribution < -0.4 is 10.6 Å². The lowest BCUT2D eigenvalue weighted by atomic mass is 9.99. The van der Waals surface area contributed by atoms with E-state index in [1.165, 1.54) is 58.3 Å². The fourth-order valence-electron chi connectivity index (χ4n) is 3.35. The summed E-state index contributed by atoms with van der Waals surface area (Å²) in [5, 5.41) is 6.88. The van der Waals surface area contributed by atoms with Gasteiger partial charge >= 0.3 is 0 Å². The SMILES string of the molecule is CN=C(NCCN1CCCCC1)NCCN1CCC(C)CC1. The van der Waals surface area contributed by atoms with Crippen LogP contribution in [-0.2, 0) is 0 Å². The molecule has 0 aromatic heterocycles. The third-order valence-electron chi connectivity index (χ3n) is 4.99. The van der Waals surface area contributed by atoms with Crippen molar-refractivity contribution in [2.45, 2.75) is 39.0 Å². The van der Waals surface area contributed by atoms with Crippen molar-refractivity contribution in [1.82, 2.24) is 20.4 Å². The zero-order valence-corrected chi connectivity index (χ0v) is 14.6. The van der Waals surface area contributed by atoms with Gasteiger partial charge in [-0.3, -0.25) is 4.99 Å². The Hall–Kier alpha value is -0.810. The van der Waals surface area contributed by atoms with Crippen molar-refractivity contribution in [3.63, 3.8) is 0 Å². The quantitative estimate of drug-likeness (QED) is 0.574. The van der Waals surface area contributed by atoms with Gasteiger partial charge in [-0.2, -0.15) is 0 Å². The summed E-state index contributed by atoms with van der Waals surface area (Å²) >= 11 is 0. The highest BCUT2D eigenvalue weighted by Crippen LogP contribution is 2.15. The lowest BCUT2D eigenvalue weighted by molar-refractivity contribution is 0.195. The highest BCUT2D eigenvalue weighted by atomic mass is 15.2. The van der Waals surface area contributed by atoms with Gasteiger partial charge in [-0.05, 0) is 57.8 Å². The van der Waals surface area contributed by atoms with Crippen molar-refractivity contribution < 1.29 is 0 Å². The molecule has 0 spiro atoms. The first kappa shape index (κ1) is 17.5. The molecule has 5 nitrogen and oxygen atoms in total. The average molecular weight is 310 g/mol. The van der Waals surface area contributed by atoms with Crippen molar-refractivity contribution in [3.8, 4) is 0 Å². The zero-order valence-electron chi connectivity index (χ0n) is 14.6. The van der Waals surface area contributed by atoms with Gasteiger partial charge < -0.3 is 20.4 Å². The molecule has 2 aliphatic rings. The summed E-state index contributed by atoms with van der Waals surface area (Å²) in [6.45, 7) is 11.6. The number of hydrogen-bond acceptors (Lipinski definition) is 3. The van der Waals surface area contributed by atoms with E-state index in [-0.39, 0.29) is 0 Å². The minimum atomic E-state index is 0.911. The number of guanidine groups is 1. The Balaban J connectivity index is 1.53. The Kier molecular flexibility index (Phi) is 8.02. The maximum absolute atomic E-state index is 4.32. The van der Waals surface area contributed by atoms with E-state index in [0.717, 1.165) is 38.1 Å². The molecule has 2 rings (SSSR count). The second-order valence-corrected chi connectivity index (χ2v) is 6.85. The van der Waals surface area contributed by atoms with E-state index >= 15 is 0 Å². The van der Waals surface area contributed by atoms with Crippen molar-refractivity contribution in [2.75, 3.05) is 59.4 Å². The van der Waals surface area contributed by atoms with E-state index in [1.54, 1.807) is 0 Å². The summed E-state index contributed by atoms with van der Waals surface area (Å²) in [6, 6.07) is 0. The maximum Gasteiger partial charge on any atom is 0.191 e. The molecule has 2 saturated heterocycles. The summed E-state index contributed by atoms with van der Waals surface area (Å²) in [7, 11) is 1.86. The standard InChI is InChI=1S/C17H35N5/c1-16-6-12-22(13-7-16)15-9-20-17(18-2)19-8-14-21-10-4-3-5-11-21/h16H,3-15H2,1-2H3,(H2,18,19,20). The predicted molar refractivity (Wildman–Crippen MR) is 94.5 cm³/mol. The Bertz CT molecular complexity index is 317. The minimum absolute atomic E-state index is 0.911. The van der Waals surface area contributed by atoms with Gasteiger partial charge in [-0.25, -0.2) is 0 Å². The Morgan fingerprint density at radius 1 is 0.909 bits per heavy atom. The molecule has 0 saturated carbocycles. The second kappa shape index (κ2) is 10.1. The number of nitrogens with one attached hydrogen (secondary N) is 2. The van der Waals surface area contributed by atoms with Crippen LogP contribution in [0.5, 0.6) is 0 Å². The molecule has 2 fully saturated rings. The third-order valence-corrected chi connectivity index (χ3v) is 4.99. The lowest BCUT2D eigenvalue weighted by Gasteiger charge is -2.30. The number of rotatable bonds is 6. The van der Waals surface area contributed by atoms with E-state index in [2.05, 4.69) is 32.3 Å². The van der Waals surface area contributed by atoms with Gasteiger partial charge in [0.25, 0.3) is 0 Å². The van der Waals surface area contributed by atoms with Crippen molar-refractivity contribution in [2.24, 2.45) is 10.9 Å². The number of aliphatic imine (C=N–C) groups is 1. The van der Waals surface area contributed by atoms with Crippen molar-refractivity contribution in [1.29, 1.82) is 0 Å². The number of hydrogen-bond donors (Lipinski definition) is 2. The first-order valence-electron chi connectivity index (χ1n) is 9.17. The first-order valence-corrected chi connectivity index (χ1v) is 9.17. The van der Waals surface area contributed by atoms with Crippen LogP contribution in [-0.4, -0.2) is 75.2 Å². The molecule has 5 heteroatoms. The predicted octanol–water partition coefficient (Wildman–Crippen LogP) is 1.37. The monoisotopic (exact) mass is 309 g/mol. The first-order chi connectivity index (χ1) is 10.8. The molecule has 0 amide bonds. The molecular formula is C17H35N5. The summed E-state index contributed by atoms with van der Waals surface area (Å²) in [4.78, 5) is 9.44. The maximum atomic E-state index is 4.32. The van der Waals surface area contributed by atoms with E-state index < -0.39 is 0 Å². The molecule has 0 bridgehead atoms. The summed E-state index contributed by atoms with van der Waals surface area (Å²) in [5.74, 6) is 1.86. The fraction of sp³-hybridized carbons (Fsp3) is 0.941. The highest BCUT2D eigenvalue weighted by molar-refractivity contribution is 5.79. The zero-order chi connectivity index (χ0) is 15.6. The van der Waals surface area contributed by atoms with Gasteiger partial charge in [0.15, 0.2) is 5.96 Å². The van der Waals surface area contributed by atoms with E-state index in [4.69, 9.17) is 0 Å². The Morgan fingerprint density at radius 3 is 2.00 bits per heavy atom.